The number of aliphatic hydroxyl groups is 1. The topological polar surface area (TPSA) is 29.5 Å². The first-order chi connectivity index (χ1) is 9.79. The molecule has 21 heavy (non-hydrogen) atoms. The summed E-state index contributed by atoms with van der Waals surface area (Å²) in [7, 11) is 0. The van der Waals surface area contributed by atoms with Crippen molar-refractivity contribution >= 4 is 23.2 Å². The summed E-state index contributed by atoms with van der Waals surface area (Å²) in [5.74, 6) is -0.298. The van der Waals surface area contributed by atoms with Crippen molar-refractivity contribution < 1.29 is 23.0 Å². The van der Waals surface area contributed by atoms with Crippen LogP contribution in [0.3, 0.4) is 0 Å². The van der Waals surface area contributed by atoms with Gasteiger partial charge >= 0.3 is 6.18 Å². The highest BCUT2D eigenvalue weighted by Gasteiger charge is 2.34. The van der Waals surface area contributed by atoms with Crippen LogP contribution < -0.4 is 4.74 Å². The normalized spacial score (nSPS) is 11.5. The Bertz CT molecular complexity index is 637. The third-order valence-electron chi connectivity index (χ3n) is 2.60. The van der Waals surface area contributed by atoms with Crippen LogP contribution in [-0.4, -0.2) is 5.11 Å². The minimum absolute atomic E-state index is 0.0924. The maximum atomic E-state index is 13.0. The number of rotatable bonds is 3. The quantitative estimate of drug-likeness (QED) is 0.824. The third-order valence-corrected chi connectivity index (χ3v) is 3.03. The predicted octanol–water partition coefficient (Wildman–Crippen LogP) is 5.30. The zero-order valence-electron chi connectivity index (χ0n) is 10.4. The molecule has 0 heterocycles. The van der Waals surface area contributed by atoms with Crippen LogP contribution in [0.2, 0.25) is 10.0 Å². The van der Waals surface area contributed by atoms with Gasteiger partial charge in [-0.25, -0.2) is 0 Å². The summed E-state index contributed by atoms with van der Waals surface area (Å²) in [6.07, 6.45) is -4.61. The molecule has 0 bridgehead atoms. The molecule has 2 rings (SSSR count). The minimum atomic E-state index is -4.61. The first-order valence-electron chi connectivity index (χ1n) is 5.74. The lowest BCUT2D eigenvalue weighted by atomic mass is 10.1. The van der Waals surface area contributed by atoms with Gasteiger partial charge in [0.05, 0.1) is 12.2 Å². The largest absolute Gasteiger partial charge is 0.457 e. The molecular weight excluding hydrogens is 328 g/mol. The monoisotopic (exact) mass is 336 g/mol. The van der Waals surface area contributed by atoms with Gasteiger partial charge in [-0.05, 0) is 35.9 Å². The fourth-order valence-corrected chi connectivity index (χ4v) is 2.21. The summed E-state index contributed by atoms with van der Waals surface area (Å²) in [4.78, 5) is 0. The first-order valence-corrected chi connectivity index (χ1v) is 6.50. The van der Waals surface area contributed by atoms with E-state index in [1.54, 1.807) is 0 Å². The fourth-order valence-electron chi connectivity index (χ4n) is 1.70. The second-order valence-corrected chi connectivity index (χ2v) is 5.07. The molecule has 0 saturated carbocycles. The van der Waals surface area contributed by atoms with Gasteiger partial charge in [0.1, 0.15) is 11.5 Å². The van der Waals surface area contributed by atoms with Crippen molar-refractivity contribution in [1.82, 2.24) is 0 Å². The Kier molecular flexibility index (Phi) is 4.66. The van der Waals surface area contributed by atoms with Gasteiger partial charge in [-0.3, -0.25) is 0 Å². The minimum Gasteiger partial charge on any atom is -0.457 e. The average molecular weight is 337 g/mol. The highest BCUT2D eigenvalue weighted by atomic mass is 35.5. The van der Waals surface area contributed by atoms with E-state index in [9.17, 15) is 13.2 Å². The fraction of sp³-hybridized carbons (Fsp3) is 0.143. The molecule has 2 aromatic rings. The van der Waals surface area contributed by atoms with E-state index in [2.05, 4.69) is 0 Å². The number of hydrogen-bond acceptors (Lipinski definition) is 2. The van der Waals surface area contributed by atoms with Crippen molar-refractivity contribution in [3.8, 4) is 11.5 Å². The molecule has 7 heteroatoms. The van der Waals surface area contributed by atoms with Crippen molar-refractivity contribution in [2.75, 3.05) is 0 Å². The van der Waals surface area contributed by atoms with Crippen LogP contribution in [0.1, 0.15) is 11.1 Å². The lowest BCUT2D eigenvalue weighted by Gasteiger charge is -2.15. The van der Waals surface area contributed by atoms with Crippen molar-refractivity contribution in [1.29, 1.82) is 0 Å². The number of benzene rings is 2. The second-order valence-electron chi connectivity index (χ2n) is 4.19. The van der Waals surface area contributed by atoms with E-state index < -0.39 is 24.1 Å². The van der Waals surface area contributed by atoms with Crippen LogP contribution in [0, 0.1) is 0 Å². The van der Waals surface area contributed by atoms with Crippen LogP contribution in [0.5, 0.6) is 11.5 Å². The van der Waals surface area contributed by atoms with Gasteiger partial charge in [-0.15, -0.1) is 0 Å². The van der Waals surface area contributed by atoms with E-state index in [1.807, 2.05) is 0 Å². The molecule has 2 nitrogen and oxygen atoms in total. The predicted molar refractivity (Wildman–Crippen MR) is 73.9 cm³/mol. The van der Waals surface area contributed by atoms with Crippen LogP contribution in [0.25, 0.3) is 0 Å². The Hall–Kier alpha value is -1.43. The van der Waals surface area contributed by atoms with Gasteiger partial charge in [0.15, 0.2) is 0 Å². The third kappa shape index (κ3) is 4.03. The van der Waals surface area contributed by atoms with E-state index >= 15 is 0 Å². The molecule has 0 aliphatic rings. The molecule has 0 aliphatic carbocycles. The molecular formula is C14H9Cl2F3O2. The number of alkyl halides is 3. The Balaban J connectivity index is 2.43. The molecule has 0 amide bonds. The maximum absolute atomic E-state index is 13.0. The Labute approximate surface area is 128 Å². The summed E-state index contributed by atoms with van der Waals surface area (Å²) in [5.41, 5.74) is -0.844. The van der Waals surface area contributed by atoms with Crippen molar-refractivity contribution in [3.63, 3.8) is 0 Å². The molecule has 1 N–H and O–H groups in total. The molecule has 0 radical (unpaired) electrons. The SMILES string of the molecule is OCc1ccc(Oc2cc(Cl)cc(Cl)c2)c(C(F)(F)F)c1. The number of aliphatic hydroxyl groups excluding tert-OH is 1. The summed E-state index contributed by atoms with van der Waals surface area (Å²) in [5, 5.41) is 9.43. The molecule has 0 aromatic heterocycles. The molecule has 0 fully saturated rings. The Morgan fingerprint density at radius 2 is 1.62 bits per heavy atom. The Morgan fingerprint density at radius 3 is 2.14 bits per heavy atom. The smallest absolute Gasteiger partial charge is 0.419 e. The van der Waals surface area contributed by atoms with Gasteiger partial charge in [-0.1, -0.05) is 29.3 Å². The standard InChI is InChI=1S/C14H9Cl2F3O2/c15-9-4-10(16)6-11(5-9)21-13-2-1-8(7-20)3-12(13)14(17,18)19/h1-6,20H,7H2. The highest BCUT2D eigenvalue weighted by Crippen LogP contribution is 2.39. The van der Waals surface area contributed by atoms with E-state index in [0.29, 0.717) is 0 Å². The average Bonchev–Trinajstić information content (AvgIpc) is 2.36. The van der Waals surface area contributed by atoms with Crippen molar-refractivity contribution in [3.05, 3.63) is 57.6 Å². The zero-order chi connectivity index (χ0) is 15.6. The number of hydrogen-bond donors (Lipinski definition) is 1. The highest BCUT2D eigenvalue weighted by molar-refractivity contribution is 6.34. The molecule has 0 saturated heterocycles. The van der Waals surface area contributed by atoms with Gasteiger partial charge in [0.2, 0.25) is 0 Å². The maximum Gasteiger partial charge on any atom is 0.419 e. The molecule has 2 aromatic carbocycles. The van der Waals surface area contributed by atoms with Crippen LogP contribution in [-0.2, 0) is 12.8 Å². The molecule has 0 atom stereocenters. The summed E-state index contributed by atoms with van der Waals surface area (Å²) in [6, 6.07) is 7.47. The van der Waals surface area contributed by atoms with Crippen LogP contribution >= 0.6 is 23.2 Å². The Morgan fingerprint density at radius 1 is 1.00 bits per heavy atom. The molecule has 0 unspecified atom stereocenters. The molecule has 0 aliphatic heterocycles. The summed E-state index contributed by atoms with van der Waals surface area (Å²) >= 11 is 11.5. The molecule has 0 spiro atoms. The van der Waals surface area contributed by atoms with E-state index in [-0.39, 0.29) is 21.4 Å². The van der Waals surface area contributed by atoms with Gasteiger partial charge < -0.3 is 9.84 Å². The van der Waals surface area contributed by atoms with Gasteiger partial charge in [-0.2, -0.15) is 13.2 Å². The summed E-state index contributed by atoms with van der Waals surface area (Å²) < 4.78 is 44.3. The van der Waals surface area contributed by atoms with Gasteiger partial charge in [0, 0.05) is 10.0 Å². The zero-order valence-corrected chi connectivity index (χ0v) is 11.9. The van der Waals surface area contributed by atoms with Gasteiger partial charge in [0.25, 0.3) is 0 Å². The van der Waals surface area contributed by atoms with E-state index in [4.69, 9.17) is 33.0 Å². The van der Waals surface area contributed by atoms with Crippen molar-refractivity contribution in [2.45, 2.75) is 12.8 Å². The van der Waals surface area contributed by atoms with Crippen LogP contribution in [0.15, 0.2) is 36.4 Å². The first kappa shape index (κ1) is 15.9. The van der Waals surface area contributed by atoms with E-state index in [1.165, 1.54) is 24.3 Å². The number of ether oxygens (including phenoxy) is 1. The second kappa shape index (κ2) is 6.13. The lowest BCUT2D eigenvalue weighted by molar-refractivity contribution is -0.138. The van der Waals surface area contributed by atoms with E-state index in [0.717, 1.165) is 12.1 Å². The number of halogens is 5. The summed E-state index contributed by atoms with van der Waals surface area (Å²) in [6.45, 7) is -0.494. The van der Waals surface area contributed by atoms with Crippen molar-refractivity contribution in [2.24, 2.45) is 0 Å². The lowest BCUT2D eigenvalue weighted by Crippen LogP contribution is -2.08. The van der Waals surface area contributed by atoms with Crippen LogP contribution in [0.4, 0.5) is 13.2 Å². The molecule has 112 valence electrons.